The lowest BCUT2D eigenvalue weighted by Gasteiger charge is -2.32. The van der Waals surface area contributed by atoms with E-state index in [-0.39, 0.29) is 11.9 Å². The topological polar surface area (TPSA) is 52.7 Å². The second-order valence-electron chi connectivity index (χ2n) is 8.03. The SMILES string of the molecule is CN(C(=O)Cc1ccc(CCNS(C)=O)cc1)C(CN1CCCC1)c1ccccc1. The van der Waals surface area contributed by atoms with Crippen LogP contribution in [0.1, 0.15) is 35.6 Å². The highest BCUT2D eigenvalue weighted by Gasteiger charge is 2.25. The molecule has 2 atom stereocenters. The van der Waals surface area contributed by atoms with Gasteiger partial charge in [-0.25, -0.2) is 8.93 Å². The molecule has 1 fully saturated rings. The largest absolute Gasteiger partial charge is 0.337 e. The molecule has 0 radical (unpaired) electrons. The minimum atomic E-state index is -0.983. The summed E-state index contributed by atoms with van der Waals surface area (Å²) in [6, 6.07) is 18.6. The Labute approximate surface area is 183 Å². The number of carbonyl (C=O) groups is 1. The van der Waals surface area contributed by atoms with E-state index in [1.54, 1.807) is 6.26 Å². The van der Waals surface area contributed by atoms with Crippen LogP contribution in [0.25, 0.3) is 0 Å². The van der Waals surface area contributed by atoms with Gasteiger partial charge in [0.1, 0.15) is 0 Å². The van der Waals surface area contributed by atoms with E-state index in [2.05, 4.69) is 33.9 Å². The van der Waals surface area contributed by atoms with E-state index in [1.807, 2.05) is 42.3 Å². The van der Waals surface area contributed by atoms with Gasteiger partial charge in [-0.1, -0.05) is 54.6 Å². The zero-order valence-corrected chi connectivity index (χ0v) is 18.9. The molecule has 2 unspecified atom stereocenters. The minimum Gasteiger partial charge on any atom is -0.337 e. The van der Waals surface area contributed by atoms with Gasteiger partial charge in [0.15, 0.2) is 0 Å². The highest BCUT2D eigenvalue weighted by atomic mass is 32.2. The lowest BCUT2D eigenvalue weighted by Crippen LogP contribution is -2.39. The number of likely N-dealkylation sites (tertiary alicyclic amines) is 1. The minimum absolute atomic E-state index is 0.0667. The molecule has 6 heteroatoms. The van der Waals surface area contributed by atoms with Crippen molar-refractivity contribution in [3.63, 3.8) is 0 Å². The van der Waals surface area contributed by atoms with Gasteiger partial charge < -0.3 is 9.80 Å². The van der Waals surface area contributed by atoms with Crippen LogP contribution in [0, 0.1) is 0 Å². The van der Waals surface area contributed by atoms with Crippen molar-refractivity contribution in [1.29, 1.82) is 0 Å². The first-order chi connectivity index (χ1) is 14.5. The summed E-state index contributed by atoms with van der Waals surface area (Å²) in [5.74, 6) is 0.138. The van der Waals surface area contributed by atoms with Crippen LogP contribution in [0.15, 0.2) is 54.6 Å². The molecule has 0 bridgehead atoms. The van der Waals surface area contributed by atoms with Crippen LogP contribution in [0.4, 0.5) is 0 Å². The normalized spacial score (nSPS) is 16.3. The van der Waals surface area contributed by atoms with E-state index < -0.39 is 11.0 Å². The number of nitrogens with zero attached hydrogens (tertiary/aromatic N) is 2. The molecule has 0 aromatic heterocycles. The molecule has 0 spiro atoms. The molecule has 0 saturated carbocycles. The Morgan fingerprint density at radius 3 is 2.33 bits per heavy atom. The summed E-state index contributed by atoms with van der Waals surface area (Å²) in [4.78, 5) is 17.5. The van der Waals surface area contributed by atoms with Crippen LogP contribution in [0.2, 0.25) is 0 Å². The third-order valence-electron chi connectivity index (χ3n) is 5.77. The zero-order chi connectivity index (χ0) is 21.3. The number of carbonyl (C=O) groups excluding carboxylic acids is 1. The van der Waals surface area contributed by atoms with Gasteiger partial charge >= 0.3 is 0 Å². The summed E-state index contributed by atoms with van der Waals surface area (Å²) in [6.45, 7) is 3.80. The Bertz CT molecular complexity index is 820. The van der Waals surface area contributed by atoms with Gasteiger partial charge in [-0.15, -0.1) is 0 Å². The first-order valence-electron chi connectivity index (χ1n) is 10.7. The molecule has 2 aromatic rings. The van der Waals surface area contributed by atoms with Gasteiger partial charge in [-0.3, -0.25) is 4.79 Å². The van der Waals surface area contributed by atoms with Crippen LogP contribution >= 0.6 is 0 Å². The van der Waals surface area contributed by atoms with E-state index in [9.17, 15) is 9.00 Å². The summed E-state index contributed by atoms with van der Waals surface area (Å²) in [6.07, 6.45) is 5.35. The Morgan fingerprint density at radius 2 is 1.70 bits per heavy atom. The Morgan fingerprint density at radius 1 is 1.07 bits per heavy atom. The number of hydrogen-bond donors (Lipinski definition) is 1. The summed E-state index contributed by atoms with van der Waals surface area (Å²) in [5, 5.41) is 0. The molecule has 1 aliphatic heterocycles. The van der Waals surface area contributed by atoms with Crippen molar-refractivity contribution < 1.29 is 9.00 Å². The third-order valence-corrected chi connectivity index (χ3v) is 6.38. The lowest BCUT2D eigenvalue weighted by molar-refractivity contribution is -0.131. The first-order valence-corrected chi connectivity index (χ1v) is 12.3. The summed E-state index contributed by atoms with van der Waals surface area (Å²) < 4.78 is 14.0. The number of rotatable bonds is 10. The van der Waals surface area contributed by atoms with Gasteiger partial charge in [0.25, 0.3) is 0 Å². The monoisotopic (exact) mass is 427 g/mol. The van der Waals surface area contributed by atoms with Crippen LogP contribution in [-0.2, 0) is 28.6 Å². The Kier molecular flexibility index (Phi) is 8.61. The van der Waals surface area contributed by atoms with Gasteiger partial charge in [-0.05, 0) is 49.0 Å². The molecular weight excluding hydrogens is 394 g/mol. The zero-order valence-electron chi connectivity index (χ0n) is 18.0. The van der Waals surface area contributed by atoms with E-state index in [1.165, 1.54) is 24.0 Å². The molecule has 0 aliphatic carbocycles. The summed E-state index contributed by atoms with van der Waals surface area (Å²) in [5.41, 5.74) is 3.39. The van der Waals surface area contributed by atoms with Gasteiger partial charge in [-0.2, -0.15) is 0 Å². The van der Waals surface area contributed by atoms with Gasteiger partial charge in [0.05, 0.1) is 23.4 Å². The van der Waals surface area contributed by atoms with Gasteiger partial charge in [0, 0.05) is 26.4 Å². The van der Waals surface area contributed by atoms with Crippen molar-refractivity contribution in [3.05, 3.63) is 71.3 Å². The maximum atomic E-state index is 13.1. The number of hydrogen-bond acceptors (Lipinski definition) is 3. The molecule has 30 heavy (non-hydrogen) atoms. The van der Waals surface area contributed by atoms with Crippen molar-refractivity contribution in [2.45, 2.75) is 31.7 Å². The number of nitrogens with one attached hydrogen (secondary N) is 1. The summed E-state index contributed by atoms with van der Waals surface area (Å²) in [7, 11) is 0.949. The van der Waals surface area contributed by atoms with Crippen LogP contribution in [0.5, 0.6) is 0 Å². The molecule has 1 amide bonds. The van der Waals surface area contributed by atoms with Crippen molar-refractivity contribution in [2.24, 2.45) is 0 Å². The van der Waals surface area contributed by atoms with E-state index in [0.29, 0.717) is 13.0 Å². The van der Waals surface area contributed by atoms with E-state index in [0.717, 1.165) is 31.6 Å². The Balaban J connectivity index is 1.62. The van der Waals surface area contributed by atoms with Crippen molar-refractivity contribution >= 4 is 16.9 Å². The van der Waals surface area contributed by atoms with Crippen LogP contribution < -0.4 is 4.72 Å². The summed E-state index contributed by atoms with van der Waals surface area (Å²) >= 11 is 0. The smallest absolute Gasteiger partial charge is 0.227 e. The van der Waals surface area contributed by atoms with Crippen LogP contribution in [-0.4, -0.2) is 59.4 Å². The predicted octanol–water partition coefficient (Wildman–Crippen LogP) is 2.95. The lowest BCUT2D eigenvalue weighted by atomic mass is 10.0. The molecule has 1 N–H and O–H groups in total. The fourth-order valence-electron chi connectivity index (χ4n) is 3.97. The molecule has 162 valence electrons. The van der Waals surface area contributed by atoms with Crippen LogP contribution in [0.3, 0.4) is 0 Å². The predicted molar refractivity (Wildman–Crippen MR) is 124 cm³/mol. The molecule has 5 nitrogen and oxygen atoms in total. The number of likely N-dealkylation sites (N-methyl/N-ethyl adjacent to an activating group) is 1. The molecule has 1 saturated heterocycles. The third kappa shape index (κ3) is 6.76. The second kappa shape index (κ2) is 11.4. The molecule has 3 rings (SSSR count). The fourth-order valence-corrected chi connectivity index (χ4v) is 4.36. The number of benzene rings is 2. The van der Waals surface area contributed by atoms with E-state index >= 15 is 0 Å². The maximum absolute atomic E-state index is 13.1. The Hall–Kier alpha value is -2.02. The van der Waals surface area contributed by atoms with Gasteiger partial charge in [0.2, 0.25) is 5.91 Å². The van der Waals surface area contributed by atoms with Crippen molar-refractivity contribution in [1.82, 2.24) is 14.5 Å². The van der Waals surface area contributed by atoms with E-state index in [4.69, 9.17) is 0 Å². The standard InChI is InChI=1S/C24H33N3O2S/c1-26(23(19-27-16-6-7-17-27)22-8-4-3-5-9-22)24(28)18-21-12-10-20(11-13-21)14-15-25-30(2)29/h3-5,8-13,23,25H,6-7,14-19H2,1-2H3. The molecule has 1 heterocycles. The molecular formula is C24H33N3O2S. The van der Waals surface area contributed by atoms with Crippen molar-refractivity contribution in [3.8, 4) is 0 Å². The molecule has 2 aromatic carbocycles. The highest BCUT2D eigenvalue weighted by molar-refractivity contribution is 7.82. The first kappa shape index (κ1) is 22.7. The average Bonchev–Trinajstić information content (AvgIpc) is 3.26. The number of amides is 1. The highest BCUT2D eigenvalue weighted by Crippen LogP contribution is 2.23. The average molecular weight is 428 g/mol. The maximum Gasteiger partial charge on any atom is 0.227 e. The quantitative estimate of drug-likeness (QED) is 0.634. The van der Waals surface area contributed by atoms with Crippen molar-refractivity contribution in [2.75, 3.05) is 39.5 Å². The fraction of sp³-hybridized carbons (Fsp3) is 0.458. The second-order valence-corrected chi connectivity index (χ2v) is 9.23. The molecule has 1 aliphatic rings.